The number of ketones is 4. The van der Waals surface area contributed by atoms with E-state index in [1.54, 1.807) is 97.1 Å². The number of carbonyl (C=O) groups is 4. The van der Waals surface area contributed by atoms with Crippen LogP contribution < -0.4 is 118 Å². The van der Waals surface area contributed by atoms with E-state index in [9.17, 15) is 19.2 Å². The van der Waals surface area contributed by atoms with E-state index in [0.29, 0.717) is 43.1 Å². The zero-order chi connectivity index (χ0) is 59.0. The second-order valence-corrected chi connectivity index (χ2v) is 22.9. The van der Waals surface area contributed by atoms with E-state index in [0.717, 1.165) is 0 Å². The predicted octanol–water partition coefficient (Wildman–Crippen LogP) is -12.1. The Morgan fingerprint density at radius 1 is 0.304 bits per heavy atom. The third kappa shape index (κ3) is 33.8. The van der Waals surface area contributed by atoms with E-state index in [-0.39, 0.29) is 216 Å². The van der Waals surface area contributed by atoms with Gasteiger partial charge in [-0.3, -0.25) is 0 Å². The first kappa shape index (κ1) is 104. The first-order valence-electron chi connectivity index (χ1n) is 24.3. The minimum atomic E-state index is -0.590. The average molecular weight is 1710 g/mol. The van der Waals surface area contributed by atoms with E-state index >= 15 is 0 Å². The predicted molar refractivity (Wildman–Crippen MR) is 301 cm³/mol. The largest absolute Gasteiger partial charge is 2.00 e. The molecule has 0 spiro atoms. The van der Waals surface area contributed by atoms with Crippen LogP contribution in [0.2, 0.25) is 20.1 Å². The summed E-state index contributed by atoms with van der Waals surface area (Å²) in [5, 5.41) is 18.2. The van der Waals surface area contributed by atoms with E-state index in [2.05, 4.69) is 40.3 Å². The number of aromatic nitrogens is 12. The van der Waals surface area contributed by atoms with Gasteiger partial charge in [-0.25, -0.2) is 0 Å². The first-order valence-corrected chi connectivity index (χ1v) is 25.8. The number of benzene rings is 4. The fraction of sp³-hybridized carbons (Fsp3) is 0.286. The van der Waals surface area contributed by atoms with Gasteiger partial charge in [-0.2, -0.15) is 20.4 Å². The summed E-state index contributed by atoms with van der Waals surface area (Å²) in [5.41, 5.74) is -2.36. The molecule has 0 aliphatic rings. The van der Waals surface area contributed by atoms with E-state index in [4.69, 9.17) is 65.4 Å². The molecule has 0 bridgehead atoms. The maximum absolute atomic E-state index is 12.5. The zero-order valence-corrected chi connectivity index (χ0v) is 63.1. The fourth-order valence-electron chi connectivity index (χ4n) is 5.78. The van der Waals surface area contributed by atoms with Crippen molar-refractivity contribution in [1.82, 2.24) is 59.1 Å². The van der Waals surface area contributed by atoms with E-state index in [1.807, 2.05) is 83.1 Å². The molecule has 20 nitrogen and oxygen atoms in total. The molecule has 0 aliphatic heterocycles. The van der Waals surface area contributed by atoms with Crippen LogP contribution in [-0.2, 0) is 87.5 Å². The van der Waals surface area contributed by atoms with Crippen LogP contribution in [-0.4, -0.2) is 82.2 Å². The minimum Gasteiger partial charge on any atom is -1.00 e. The molecule has 36 heteroatoms. The van der Waals surface area contributed by atoms with Crippen molar-refractivity contribution in [3.63, 3.8) is 0 Å². The minimum absolute atomic E-state index is 0. The maximum Gasteiger partial charge on any atom is 2.00 e. The van der Waals surface area contributed by atoms with E-state index in [1.165, 1.54) is 69.3 Å². The van der Waals surface area contributed by atoms with Crippen molar-refractivity contribution in [1.29, 1.82) is 0 Å². The molecule has 4 aromatic carbocycles. The van der Waals surface area contributed by atoms with Crippen molar-refractivity contribution in [2.24, 2.45) is 21.7 Å². The molecule has 0 saturated heterocycles. The number of Topliss-reactive ketones (excluding diaryl/α,β-unsaturated/α-hetero) is 4. The molecule has 4 aromatic heterocycles. The standard InChI is InChI=1S/4C14H15ClN3O2.8ClH.4Cu/c4*1-14(2,3)12(19)13(18-9-16-8-17-18)20-11-6-4-10(15)5-7-11;;;;;;;;;;;;/h4*4-9H,1-3H3;8*1H;;;;/q4*-1;;;;;;;;;4*+2/p-8. The third-order valence-corrected chi connectivity index (χ3v) is 11.1. The molecule has 92 heavy (non-hydrogen) atoms. The Hall–Kier alpha value is -3.64. The SMILES string of the molecule is CC(C)(C)C(=O)[C-](Oc1ccc(Cl)cc1)n1cncn1.CC(C)(C)C(=O)[C-](Oc1ccc(Cl)cc1)n1cncn1.CC(C)(C)C(=O)[C-](Oc1ccc(Cl)cc1)n1cncn1.CC(C)(C)C(=O)[C-](Oc1ccc(Cl)cc1)n1cncn1.[Cl-].[Cl-].[Cl-].[Cl-].[Cl-].[Cl-].[Cl-].[Cl-].[Cu+2].[Cu+2].[Cu+2].[Cu+2]. The first-order chi connectivity index (χ1) is 37.5. The molecule has 4 radical (unpaired) electrons. The van der Waals surface area contributed by atoms with Crippen LogP contribution in [0.3, 0.4) is 0 Å². The summed E-state index contributed by atoms with van der Waals surface area (Å²) < 4.78 is 28.0. The van der Waals surface area contributed by atoms with Crippen LogP contribution >= 0.6 is 46.4 Å². The molecule has 4 heterocycles. The van der Waals surface area contributed by atoms with Gasteiger partial charge in [-0.1, -0.05) is 129 Å². The Morgan fingerprint density at radius 2 is 0.446 bits per heavy atom. The molecule has 524 valence electrons. The molecule has 8 rings (SSSR count). The van der Waals surface area contributed by atoms with E-state index < -0.39 is 21.7 Å². The summed E-state index contributed by atoms with van der Waals surface area (Å²) in [5.74, 6) is 1.37. The van der Waals surface area contributed by atoms with Crippen molar-refractivity contribution in [3.8, 4) is 23.0 Å². The summed E-state index contributed by atoms with van der Waals surface area (Å²) >= 11 is 23.3. The number of halogens is 12. The Bertz CT molecular complexity index is 2780. The number of rotatable bonds is 16. The van der Waals surface area contributed by atoms with Gasteiger partial charge in [0, 0.05) is 41.8 Å². The van der Waals surface area contributed by atoms with Crippen molar-refractivity contribution in [2.45, 2.75) is 83.1 Å². The maximum atomic E-state index is 12.5. The normalized spacial score (nSPS) is 9.74. The van der Waals surface area contributed by atoms with Gasteiger partial charge in [-0.05, 0) is 122 Å². The molecule has 0 aliphatic carbocycles. The van der Waals surface area contributed by atoms with Gasteiger partial charge in [0.25, 0.3) is 0 Å². The molecular weight excluding hydrogens is 1650 g/mol. The summed E-state index contributed by atoms with van der Waals surface area (Å²) in [6.45, 7) is 21.8. The molecule has 8 aromatic rings. The van der Waals surface area contributed by atoms with Crippen LogP contribution in [0.15, 0.2) is 148 Å². The van der Waals surface area contributed by atoms with Gasteiger partial charge in [0.05, 0.1) is 0 Å². The van der Waals surface area contributed by atoms with Crippen molar-refractivity contribution < 1.29 is 206 Å². The summed E-state index contributed by atoms with van der Waals surface area (Å²) in [6, 6.07) is 27.1. The molecule has 0 saturated carbocycles. The molecule has 0 N–H and O–H groups in total. The molecule has 0 fully saturated rings. The van der Waals surface area contributed by atoms with Crippen molar-refractivity contribution >= 4 is 69.5 Å². The van der Waals surface area contributed by atoms with Gasteiger partial charge in [0.1, 0.15) is 96.4 Å². The average Bonchev–Trinajstić information content (AvgIpc) is 4.27. The molecular formula is C56H60Cl12Cu4N12O8-4. The molecule has 0 unspecified atom stereocenters. The van der Waals surface area contributed by atoms with Crippen LogP contribution in [0, 0.1) is 46.6 Å². The third-order valence-electron chi connectivity index (χ3n) is 10.1. The van der Waals surface area contributed by atoms with Gasteiger partial charge in [0.15, 0.2) is 0 Å². The Labute approximate surface area is 648 Å². The summed E-state index contributed by atoms with van der Waals surface area (Å²) in [7, 11) is 0. The zero-order valence-electron chi connectivity index (χ0n) is 50.2. The quantitative estimate of drug-likeness (QED) is 0.0647. The summed E-state index contributed by atoms with van der Waals surface area (Å²) in [4.78, 5) is 65.2. The number of ether oxygens (including phenoxy) is 4. The summed E-state index contributed by atoms with van der Waals surface area (Å²) in [6.07, 6.45) is 11.5. The van der Waals surface area contributed by atoms with Crippen LogP contribution in [0.1, 0.15) is 83.1 Å². The Morgan fingerprint density at radius 3 is 0.554 bits per heavy atom. The topological polar surface area (TPSA) is 228 Å². The number of carbonyl (C=O) groups excluding carboxylic acids is 4. The second kappa shape index (κ2) is 48.1. The van der Waals surface area contributed by atoms with Crippen LogP contribution in [0.4, 0.5) is 0 Å². The monoisotopic (exact) mass is 1700 g/mol. The van der Waals surface area contributed by atoms with Gasteiger partial charge >= 0.3 is 68.3 Å². The second-order valence-electron chi connectivity index (χ2n) is 21.1. The molecule has 0 amide bonds. The Kier molecular flexibility index (Phi) is 54.6. The number of hydrogen-bond donors (Lipinski definition) is 0. The smallest absolute Gasteiger partial charge is 1.00 e. The van der Waals surface area contributed by atoms with Gasteiger partial charge < -0.3 is 176 Å². The fourth-order valence-corrected chi connectivity index (χ4v) is 6.29. The number of hydrogen-bond acceptors (Lipinski definition) is 16. The van der Waals surface area contributed by atoms with Crippen molar-refractivity contribution in [3.05, 3.63) is 193 Å². The number of nitrogens with zero attached hydrogens (tertiary/aromatic N) is 12. The molecule has 0 atom stereocenters. The van der Waals surface area contributed by atoms with Crippen LogP contribution in [0.25, 0.3) is 0 Å². The van der Waals surface area contributed by atoms with Gasteiger partial charge in [0.2, 0.25) is 0 Å². The van der Waals surface area contributed by atoms with Crippen molar-refractivity contribution in [2.75, 3.05) is 0 Å². The Balaban J connectivity index is -0.000000163. The van der Waals surface area contributed by atoms with Crippen LogP contribution in [0.5, 0.6) is 23.0 Å². The van der Waals surface area contributed by atoms with Gasteiger partial charge in [-0.15, -0.1) is 0 Å².